The number of nitrogens with zero attached hydrogens (tertiary/aromatic N) is 2. The SMILES string of the molecule is CCNC(c1ccncc1F)C1CCN(C(=O)OC(C)(C)C)C1. The Morgan fingerprint density at radius 3 is 2.91 bits per heavy atom. The second-order valence-corrected chi connectivity index (χ2v) is 6.91. The van der Waals surface area contributed by atoms with Crippen molar-refractivity contribution < 1.29 is 13.9 Å². The van der Waals surface area contributed by atoms with Crippen molar-refractivity contribution in [3.63, 3.8) is 0 Å². The van der Waals surface area contributed by atoms with Gasteiger partial charge in [-0.25, -0.2) is 9.18 Å². The lowest BCUT2D eigenvalue weighted by Crippen LogP contribution is -2.37. The zero-order valence-corrected chi connectivity index (χ0v) is 14.3. The molecule has 5 nitrogen and oxygen atoms in total. The molecule has 0 aromatic carbocycles. The van der Waals surface area contributed by atoms with Gasteiger partial charge in [0.2, 0.25) is 0 Å². The molecule has 6 heteroatoms. The molecule has 2 heterocycles. The van der Waals surface area contributed by atoms with Gasteiger partial charge < -0.3 is 15.0 Å². The molecule has 1 aromatic heterocycles. The predicted octanol–water partition coefficient (Wildman–Crippen LogP) is 3.13. The van der Waals surface area contributed by atoms with Crippen molar-refractivity contribution in [1.82, 2.24) is 15.2 Å². The van der Waals surface area contributed by atoms with Crippen LogP contribution in [-0.2, 0) is 4.74 Å². The van der Waals surface area contributed by atoms with Gasteiger partial charge in [0.25, 0.3) is 0 Å². The Bertz CT molecular complexity index is 545. The van der Waals surface area contributed by atoms with Gasteiger partial charge in [0.05, 0.1) is 6.20 Å². The summed E-state index contributed by atoms with van der Waals surface area (Å²) >= 11 is 0. The summed E-state index contributed by atoms with van der Waals surface area (Å²) in [5.41, 5.74) is 0.103. The van der Waals surface area contributed by atoms with Gasteiger partial charge in [-0.1, -0.05) is 6.92 Å². The zero-order valence-electron chi connectivity index (χ0n) is 14.3. The maximum Gasteiger partial charge on any atom is 0.410 e. The van der Waals surface area contributed by atoms with Crippen LogP contribution in [0.15, 0.2) is 18.5 Å². The Kier molecular flexibility index (Phi) is 5.57. The molecule has 2 rings (SSSR count). The molecule has 23 heavy (non-hydrogen) atoms. The van der Waals surface area contributed by atoms with E-state index in [1.807, 2.05) is 27.7 Å². The Balaban J connectivity index is 2.08. The fourth-order valence-corrected chi connectivity index (χ4v) is 2.94. The first-order valence-corrected chi connectivity index (χ1v) is 8.12. The molecule has 0 saturated carbocycles. The first-order chi connectivity index (χ1) is 10.8. The summed E-state index contributed by atoms with van der Waals surface area (Å²) in [4.78, 5) is 17.7. The molecule has 1 aliphatic heterocycles. The van der Waals surface area contributed by atoms with Crippen molar-refractivity contribution in [2.45, 2.75) is 45.8 Å². The highest BCUT2D eigenvalue weighted by Crippen LogP contribution is 2.31. The fourth-order valence-electron chi connectivity index (χ4n) is 2.94. The molecule has 1 N–H and O–H groups in total. The second kappa shape index (κ2) is 7.25. The zero-order chi connectivity index (χ0) is 17.0. The fraction of sp³-hybridized carbons (Fsp3) is 0.647. The number of amides is 1. The van der Waals surface area contributed by atoms with Gasteiger partial charge in [0.15, 0.2) is 0 Å². The maximum atomic E-state index is 14.1. The van der Waals surface area contributed by atoms with Gasteiger partial charge >= 0.3 is 6.09 Å². The Hall–Kier alpha value is -1.69. The number of rotatable bonds is 4. The highest BCUT2D eigenvalue weighted by atomic mass is 19.1. The minimum atomic E-state index is -0.507. The maximum absolute atomic E-state index is 14.1. The number of ether oxygens (including phenoxy) is 1. The van der Waals surface area contributed by atoms with Crippen molar-refractivity contribution in [2.24, 2.45) is 5.92 Å². The van der Waals surface area contributed by atoms with Crippen LogP contribution in [0.2, 0.25) is 0 Å². The van der Waals surface area contributed by atoms with E-state index in [4.69, 9.17) is 4.74 Å². The third-order valence-corrected chi connectivity index (χ3v) is 3.91. The highest BCUT2D eigenvalue weighted by molar-refractivity contribution is 5.68. The predicted molar refractivity (Wildman–Crippen MR) is 86.5 cm³/mol. The van der Waals surface area contributed by atoms with E-state index in [0.29, 0.717) is 18.7 Å². The molecule has 1 aromatic rings. The lowest BCUT2D eigenvalue weighted by atomic mass is 9.92. The molecule has 1 aliphatic rings. The van der Waals surface area contributed by atoms with Crippen molar-refractivity contribution in [1.29, 1.82) is 0 Å². The topological polar surface area (TPSA) is 54.5 Å². The Morgan fingerprint density at radius 1 is 1.57 bits per heavy atom. The molecular formula is C17H26FN3O2. The lowest BCUT2D eigenvalue weighted by Gasteiger charge is -2.27. The van der Waals surface area contributed by atoms with E-state index in [-0.39, 0.29) is 23.9 Å². The number of carbonyl (C=O) groups excluding carboxylic acids is 1. The molecule has 1 fully saturated rings. The first-order valence-electron chi connectivity index (χ1n) is 8.12. The Morgan fingerprint density at radius 2 is 2.30 bits per heavy atom. The van der Waals surface area contributed by atoms with Crippen LogP contribution in [0.3, 0.4) is 0 Å². The highest BCUT2D eigenvalue weighted by Gasteiger charge is 2.35. The van der Waals surface area contributed by atoms with Gasteiger partial charge in [-0.3, -0.25) is 4.98 Å². The standard InChI is InChI=1S/C17H26FN3O2/c1-5-20-15(13-6-8-19-10-14(13)18)12-7-9-21(11-12)16(22)23-17(2,3)4/h6,8,10,12,15,20H,5,7,9,11H2,1-4H3. The van der Waals surface area contributed by atoms with E-state index < -0.39 is 5.60 Å². The minimum Gasteiger partial charge on any atom is -0.444 e. The van der Waals surface area contributed by atoms with Crippen LogP contribution in [0, 0.1) is 11.7 Å². The molecule has 0 aliphatic carbocycles. The van der Waals surface area contributed by atoms with E-state index in [0.717, 1.165) is 13.0 Å². The molecule has 1 saturated heterocycles. The summed E-state index contributed by atoms with van der Waals surface area (Å²) in [6.07, 6.45) is 3.35. The van der Waals surface area contributed by atoms with Gasteiger partial charge in [-0.05, 0) is 45.7 Å². The summed E-state index contributed by atoms with van der Waals surface area (Å²) in [6, 6.07) is 1.58. The lowest BCUT2D eigenvalue weighted by molar-refractivity contribution is 0.0285. The second-order valence-electron chi connectivity index (χ2n) is 6.91. The van der Waals surface area contributed by atoms with Crippen LogP contribution in [-0.4, -0.2) is 41.2 Å². The van der Waals surface area contributed by atoms with Crippen molar-refractivity contribution >= 4 is 6.09 Å². The van der Waals surface area contributed by atoms with Crippen molar-refractivity contribution in [2.75, 3.05) is 19.6 Å². The molecule has 0 bridgehead atoms. The summed E-state index contributed by atoms with van der Waals surface area (Å²) in [7, 11) is 0. The van der Waals surface area contributed by atoms with Gasteiger partial charge in [-0.2, -0.15) is 0 Å². The van der Waals surface area contributed by atoms with E-state index in [2.05, 4.69) is 10.3 Å². The summed E-state index contributed by atoms with van der Waals surface area (Å²) < 4.78 is 19.5. The van der Waals surface area contributed by atoms with Crippen LogP contribution in [0.1, 0.15) is 45.7 Å². The number of hydrogen-bond acceptors (Lipinski definition) is 4. The number of likely N-dealkylation sites (tertiary alicyclic amines) is 1. The van der Waals surface area contributed by atoms with E-state index in [9.17, 15) is 9.18 Å². The van der Waals surface area contributed by atoms with Crippen LogP contribution < -0.4 is 5.32 Å². The third kappa shape index (κ3) is 4.64. The van der Waals surface area contributed by atoms with Crippen LogP contribution in [0.25, 0.3) is 0 Å². The van der Waals surface area contributed by atoms with Crippen LogP contribution in [0.4, 0.5) is 9.18 Å². The molecular weight excluding hydrogens is 297 g/mol. The molecule has 0 spiro atoms. The number of pyridine rings is 1. The summed E-state index contributed by atoms with van der Waals surface area (Å²) in [5, 5.41) is 3.34. The number of hydrogen-bond donors (Lipinski definition) is 1. The Labute approximate surface area is 137 Å². The number of halogens is 1. The largest absolute Gasteiger partial charge is 0.444 e. The van der Waals surface area contributed by atoms with E-state index in [1.165, 1.54) is 6.20 Å². The van der Waals surface area contributed by atoms with Crippen molar-refractivity contribution in [3.05, 3.63) is 29.8 Å². The molecule has 2 atom stereocenters. The minimum absolute atomic E-state index is 0.129. The van der Waals surface area contributed by atoms with Gasteiger partial charge in [-0.15, -0.1) is 0 Å². The summed E-state index contributed by atoms with van der Waals surface area (Å²) in [6.45, 7) is 9.48. The van der Waals surface area contributed by atoms with E-state index >= 15 is 0 Å². The van der Waals surface area contributed by atoms with E-state index in [1.54, 1.807) is 17.2 Å². The van der Waals surface area contributed by atoms with Crippen LogP contribution in [0.5, 0.6) is 0 Å². The average Bonchev–Trinajstić information content (AvgIpc) is 2.93. The van der Waals surface area contributed by atoms with Crippen LogP contribution >= 0.6 is 0 Å². The van der Waals surface area contributed by atoms with Gasteiger partial charge in [0, 0.05) is 30.9 Å². The van der Waals surface area contributed by atoms with Crippen molar-refractivity contribution in [3.8, 4) is 0 Å². The number of carbonyl (C=O) groups is 1. The molecule has 2 unspecified atom stereocenters. The quantitative estimate of drug-likeness (QED) is 0.925. The number of aromatic nitrogens is 1. The molecule has 0 radical (unpaired) electrons. The normalized spacial score (nSPS) is 19.7. The molecule has 1 amide bonds. The smallest absolute Gasteiger partial charge is 0.410 e. The number of nitrogens with one attached hydrogen (secondary N) is 1. The third-order valence-electron chi connectivity index (χ3n) is 3.91. The first kappa shape index (κ1) is 17.7. The molecule has 128 valence electrons. The monoisotopic (exact) mass is 323 g/mol. The summed E-state index contributed by atoms with van der Waals surface area (Å²) in [5.74, 6) is -0.159. The van der Waals surface area contributed by atoms with Gasteiger partial charge in [0.1, 0.15) is 11.4 Å². The average molecular weight is 323 g/mol.